The molecule has 0 atom stereocenters. The topological polar surface area (TPSA) is 123 Å². The molecule has 0 aliphatic rings. The molecule has 15 heteroatoms. The van der Waals surface area contributed by atoms with E-state index in [4.69, 9.17) is 21.6 Å². The summed E-state index contributed by atoms with van der Waals surface area (Å²) >= 11 is 2.69. The Morgan fingerprint density at radius 2 is 1.00 bits per heavy atom. The van der Waals surface area contributed by atoms with Crippen molar-refractivity contribution in [2.45, 2.75) is 12.4 Å². The monoisotopic (exact) mass is 699 g/mol. The van der Waals surface area contributed by atoms with Crippen LogP contribution in [0.1, 0.15) is 32.3 Å². The number of nitrogens with one attached hydrogen (secondary N) is 3. The number of alkyl halides is 6. The van der Waals surface area contributed by atoms with E-state index in [1.165, 1.54) is 72.8 Å². The minimum Gasteiger partial charge on any atom is -0.292 e. The number of hydrogen-bond acceptors (Lipinski definition) is 8. The van der Waals surface area contributed by atoms with Gasteiger partial charge in [0.05, 0.1) is 38.0 Å². The molecular weight excluding hydrogens is 679 g/mol. The van der Waals surface area contributed by atoms with Crippen LogP contribution in [0, 0.1) is 16.2 Å². The largest absolute Gasteiger partial charge is 0.417 e. The molecule has 3 aromatic heterocycles. The fourth-order valence-electron chi connectivity index (χ4n) is 4.34. The maximum absolute atomic E-state index is 13.5. The highest BCUT2D eigenvalue weighted by Crippen LogP contribution is 2.38. The summed E-state index contributed by atoms with van der Waals surface area (Å²) in [6, 6.07) is 22.1. The van der Waals surface area contributed by atoms with E-state index in [2.05, 4.69) is 9.97 Å². The molecule has 0 radical (unpaired) electrons. The number of halogens is 6. The zero-order chi connectivity index (χ0) is 33.9. The number of thioether (sulfide) groups is 2. The molecule has 5 rings (SSSR count). The summed E-state index contributed by atoms with van der Waals surface area (Å²) in [5, 5.41) is 31.6. The molecule has 238 valence electrons. The molecule has 0 aliphatic carbocycles. The normalized spacial score (nSPS) is 11.7. The Bertz CT molecular complexity index is 1880. The number of thiophene rings is 1. The first-order valence-electron chi connectivity index (χ1n) is 13.3. The van der Waals surface area contributed by atoms with E-state index >= 15 is 0 Å². The summed E-state index contributed by atoms with van der Waals surface area (Å²) in [7, 11) is 0. The lowest BCUT2D eigenvalue weighted by molar-refractivity contribution is -0.137. The molecule has 0 unspecified atom stereocenters. The van der Waals surface area contributed by atoms with Gasteiger partial charge in [0, 0.05) is 22.9 Å². The summed E-state index contributed by atoms with van der Waals surface area (Å²) in [5.74, 6) is 0. The van der Waals surface area contributed by atoms with Crippen LogP contribution in [-0.4, -0.2) is 30.1 Å². The lowest BCUT2D eigenvalue weighted by Crippen LogP contribution is -2.39. The van der Waals surface area contributed by atoms with E-state index in [9.17, 15) is 26.3 Å². The third kappa shape index (κ3) is 7.86. The van der Waals surface area contributed by atoms with E-state index in [1.54, 1.807) is 12.1 Å². The highest BCUT2D eigenvalue weighted by Gasteiger charge is 2.34. The third-order valence-corrected chi connectivity index (χ3v) is 9.54. The first kappa shape index (κ1) is 33.8. The molecule has 0 spiro atoms. The van der Waals surface area contributed by atoms with Crippen molar-refractivity contribution in [2.24, 2.45) is 0 Å². The summed E-state index contributed by atoms with van der Waals surface area (Å²) in [5.41, 5.74) is -1.53. The van der Waals surface area contributed by atoms with Crippen LogP contribution in [0.4, 0.5) is 26.3 Å². The number of pyridine rings is 2. The number of hydrogen-bond donors (Lipinski definition) is 4. The minimum absolute atomic E-state index is 0.00668. The van der Waals surface area contributed by atoms with Gasteiger partial charge < -0.3 is 0 Å². The number of nitrogens with zero attached hydrogens (tertiary/aromatic N) is 2. The molecule has 0 aliphatic heterocycles. The molecular formula is C32H21F6N6S3+. The Hall–Kier alpha value is -4.60. The first-order chi connectivity index (χ1) is 22.2. The predicted octanol–water partition coefficient (Wildman–Crippen LogP) is 8.26. The lowest BCUT2D eigenvalue weighted by atomic mass is 10.0. The van der Waals surface area contributed by atoms with Crippen LogP contribution >= 0.6 is 34.9 Å². The minimum atomic E-state index is -4.59. The van der Waals surface area contributed by atoms with Crippen molar-refractivity contribution < 1.29 is 31.8 Å². The fraction of sp³-hybridized carbons (Fsp3) is 0.0625. The second-order valence-electron chi connectivity index (χ2n) is 9.62. The average molecular weight is 700 g/mol. The van der Waals surface area contributed by atoms with Gasteiger partial charge in [-0.1, -0.05) is 48.5 Å². The fourth-order valence-corrected chi connectivity index (χ4v) is 6.73. The van der Waals surface area contributed by atoms with Crippen molar-refractivity contribution in [3.63, 3.8) is 0 Å². The first-order valence-corrected chi connectivity index (χ1v) is 15.8. The Kier molecular flexibility index (Phi) is 9.79. The molecule has 0 saturated heterocycles. The molecule has 0 fully saturated rings. The maximum Gasteiger partial charge on any atom is 0.417 e. The molecule has 5 N–H and O–H groups in total. The van der Waals surface area contributed by atoms with Crippen molar-refractivity contribution in [3.8, 4) is 22.5 Å². The number of aromatic nitrogens is 2. The van der Waals surface area contributed by atoms with Crippen LogP contribution in [0.2, 0.25) is 0 Å². The summed E-state index contributed by atoms with van der Waals surface area (Å²) < 4.78 is 81.2. The zero-order valence-corrected chi connectivity index (χ0v) is 26.2. The van der Waals surface area contributed by atoms with E-state index in [1.807, 2.05) is 0 Å². The molecule has 0 saturated carbocycles. The van der Waals surface area contributed by atoms with Gasteiger partial charge in [0.25, 0.3) is 5.04 Å². The molecule has 5 aromatic rings. The van der Waals surface area contributed by atoms with Gasteiger partial charge >= 0.3 is 12.4 Å². The Balaban J connectivity index is 1.26. The van der Waals surface area contributed by atoms with Crippen LogP contribution in [0.3, 0.4) is 0 Å². The Morgan fingerprint density at radius 1 is 0.553 bits per heavy atom. The van der Waals surface area contributed by atoms with Crippen molar-refractivity contribution in [1.82, 2.24) is 9.97 Å². The van der Waals surface area contributed by atoms with Crippen LogP contribution in [0.25, 0.3) is 22.5 Å². The van der Waals surface area contributed by atoms with Crippen molar-refractivity contribution >= 4 is 55.0 Å². The van der Waals surface area contributed by atoms with Crippen molar-refractivity contribution in [1.29, 1.82) is 16.2 Å². The van der Waals surface area contributed by atoms with E-state index < -0.39 is 23.5 Å². The highest BCUT2D eigenvalue weighted by molar-refractivity contribution is 8.27. The highest BCUT2D eigenvalue weighted by atomic mass is 32.2. The quantitative estimate of drug-likeness (QED) is 0.0810. The summed E-state index contributed by atoms with van der Waals surface area (Å²) in [6.07, 6.45) is -9.17. The smallest absolute Gasteiger partial charge is 0.292 e. The van der Waals surface area contributed by atoms with Crippen molar-refractivity contribution in [3.05, 3.63) is 129 Å². The van der Waals surface area contributed by atoms with E-state index in [-0.39, 0.29) is 54.1 Å². The molecule has 3 heterocycles. The van der Waals surface area contributed by atoms with Gasteiger partial charge in [-0.3, -0.25) is 16.2 Å². The summed E-state index contributed by atoms with van der Waals surface area (Å²) in [4.78, 5) is 9.40. The van der Waals surface area contributed by atoms with Crippen LogP contribution in [0.15, 0.2) is 97.1 Å². The van der Waals surface area contributed by atoms with Gasteiger partial charge in [-0.15, -0.1) is 11.3 Å². The lowest BCUT2D eigenvalue weighted by Gasteiger charge is -2.13. The Morgan fingerprint density at radius 3 is 1.51 bits per heavy atom. The molecule has 0 bridgehead atoms. The van der Waals surface area contributed by atoms with Crippen LogP contribution in [0.5, 0.6) is 0 Å². The third-order valence-electron chi connectivity index (χ3n) is 6.47. The standard InChI is InChI=1S/C32H20F6N6S3/c33-31(34,35)19-9-3-1-7-17(19)21-11-5-13-23(43-21)27(39)46-29(41)25-15-16-26(45-25)30(42)47-28(40)24-14-6-12-22(44-24)18-8-2-4-10-20(18)32(36,37)38/h1-16,39-42H/p+1. The Labute approximate surface area is 276 Å². The number of nitrogens with two attached hydrogens (primary N) is 1. The number of rotatable bonds is 6. The van der Waals surface area contributed by atoms with Gasteiger partial charge in [0.15, 0.2) is 0 Å². The average Bonchev–Trinajstić information content (AvgIpc) is 3.55. The van der Waals surface area contributed by atoms with Crippen LogP contribution < -0.4 is 5.41 Å². The van der Waals surface area contributed by atoms with Gasteiger partial charge in [0.2, 0.25) is 0 Å². The second-order valence-corrected chi connectivity index (χ2v) is 12.8. The van der Waals surface area contributed by atoms with Gasteiger partial charge in [-0.05, 0) is 60.3 Å². The molecule has 47 heavy (non-hydrogen) atoms. The summed E-state index contributed by atoms with van der Waals surface area (Å²) in [6.45, 7) is 0. The number of benzene rings is 2. The maximum atomic E-state index is 13.5. The zero-order valence-electron chi connectivity index (χ0n) is 23.7. The van der Waals surface area contributed by atoms with Gasteiger partial charge in [-0.2, -0.15) is 26.3 Å². The van der Waals surface area contributed by atoms with E-state index in [0.29, 0.717) is 9.75 Å². The predicted molar refractivity (Wildman–Crippen MR) is 175 cm³/mol. The van der Waals surface area contributed by atoms with Crippen molar-refractivity contribution in [2.75, 3.05) is 0 Å². The van der Waals surface area contributed by atoms with Gasteiger partial charge in [0.1, 0.15) is 20.8 Å². The SMILES string of the molecule is N=C(SC(=N)c1ccc(C(=N)SC(=[NH2+])c2cccc(-c3ccccc3C(F)(F)F)n2)s1)c1cccc(-c2ccccc2C(F)(F)F)n1. The molecule has 2 aromatic carbocycles. The van der Waals surface area contributed by atoms with E-state index in [0.717, 1.165) is 47.0 Å². The molecule has 0 amide bonds. The van der Waals surface area contributed by atoms with Crippen LogP contribution in [-0.2, 0) is 12.4 Å². The molecule has 6 nitrogen and oxygen atoms in total. The second kappa shape index (κ2) is 13.6. The van der Waals surface area contributed by atoms with Gasteiger partial charge in [-0.25, -0.2) is 15.4 Å².